The van der Waals surface area contributed by atoms with Gasteiger partial charge in [0.1, 0.15) is 24.9 Å². The summed E-state index contributed by atoms with van der Waals surface area (Å²) < 4.78 is 6.27. The standard InChI is InChI=1S/C13H20N4O4/c1-4-21-8-10-6-17(16-15-10)7-12(18)14-11(13(19)20)5-9(2)3/h4,6,9,11H,1,5,7-8H2,2-3H3,(H,14,18)(H,19,20). The molecule has 8 heteroatoms. The summed E-state index contributed by atoms with van der Waals surface area (Å²) in [5, 5.41) is 19.1. The van der Waals surface area contributed by atoms with Gasteiger partial charge in [-0.3, -0.25) is 4.79 Å². The van der Waals surface area contributed by atoms with E-state index in [9.17, 15) is 9.59 Å². The predicted molar refractivity (Wildman–Crippen MR) is 74.0 cm³/mol. The van der Waals surface area contributed by atoms with Crippen molar-refractivity contribution in [2.45, 2.75) is 39.5 Å². The largest absolute Gasteiger partial charge is 0.495 e. The van der Waals surface area contributed by atoms with Gasteiger partial charge >= 0.3 is 5.97 Å². The number of hydrogen-bond donors (Lipinski definition) is 2. The normalized spacial score (nSPS) is 12.0. The number of carbonyl (C=O) groups excluding carboxylic acids is 1. The quantitative estimate of drug-likeness (QED) is 0.645. The highest BCUT2D eigenvalue weighted by Crippen LogP contribution is 2.05. The fourth-order valence-electron chi connectivity index (χ4n) is 1.71. The summed E-state index contributed by atoms with van der Waals surface area (Å²) in [6.45, 7) is 7.32. The number of nitrogens with one attached hydrogen (secondary N) is 1. The molecule has 0 saturated carbocycles. The van der Waals surface area contributed by atoms with Gasteiger partial charge in [0, 0.05) is 0 Å². The van der Waals surface area contributed by atoms with Crippen LogP contribution in [0.1, 0.15) is 26.0 Å². The summed E-state index contributed by atoms with van der Waals surface area (Å²) >= 11 is 0. The molecule has 1 aromatic heterocycles. The van der Waals surface area contributed by atoms with Gasteiger partial charge in [-0.15, -0.1) is 5.10 Å². The van der Waals surface area contributed by atoms with Crippen LogP contribution in [-0.4, -0.2) is 38.0 Å². The van der Waals surface area contributed by atoms with E-state index in [0.29, 0.717) is 12.1 Å². The van der Waals surface area contributed by atoms with Gasteiger partial charge in [0.25, 0.3) is 0 Å². The Morgan fingerprint density at radius 3 is 2.86 bits per heavy atom. The highest BCUT2D eigenvalue weighted by atomic mass is 16.5. The Bertz CT molecular complexity index is 498. The van der Waals surface area contributed by atoms with Crippen LogP contribution in [0, 0.1) is 5.92 Å². The van der Waals surface area contributed by atoms with Gasteiger partial charge in [-0.05, 0) is 12.3 Å². The minimum atomic E-state index is -1.05. The molecule has 0 spiro atoms. The average molecular weight is 296 g/mol. The first-order valence-electron chi connectivity index (χ1n) is 6.56. The minimum Gasteiger partial charge on any atom is -0.495 e. The van der Waals surface area contributed by atoms with Crippen LogP contribution in [0.25, 0.3) is 0 Å². The average Bonchev–Trinajstić information content (AvgIpc) is 2.82. The minimum absolute atomic E-state index is 0.0943. The number of ether oxygens (including phenoxy) is 1. The number of aromatic nitrogens is 3. The van der Waals surface area contributed by atoms with Crippen molar-refractivity contribution in [1.29, 1.82) is 0 Å². The third-order valence-corrected chi connectivity index (χ3v) is 2.58. The molecule has 0 saturated heterocycles. The van der Waals surface area contributed by atoms with Crippen LogP contribution in [0.5, 0.6) is 0 Å². The lowest BCUT2D eigenvalue weighted by molar-refractivity contribution is -0.142. The summed E-state index contributed by atoms with van der Waals surface area (Å²) in [5.41, 5.74) is 0.555. The monoisotopic (exact) mass is 296 g/mol. The molecule has 1 unspecified atom stereocenters. The molecule has 1 rings (SSSR count). The number of aliphatic carboxylic acids is 1. The van der Waals surface area contributed by atoms with Gasteiger partial charge in [0.2, 0.25) is 5.91 Å². The van der Waals surface area contributed by atoms with E-state index in [-0.39, 0.29) is 19.1 Å². The molecule has 116 valence electrons. The lowest BCUT2D eigenvalue weighted by Crippen LogP contribution is -2.43. The predicted octanol–water partition coefficient (Wildman–Crippen LogP) is 0.554. The Morgan fingerprint density at radius 2 is 2.29 bits per heavy atom. The number of carboxylic acid groups (broad SMARTS) is 1. The summed E-state index contributed by atoms with van der Waals surface area (Å²) in [7, 11) is 0. The topological polar surface area (TPSA) is 106 Å². The molecule has 0 bridgehead atoms. The zero-order chi connectivity index (χ0) is 15.8. The molecule has 2 N–H and O–H groups in total. The van der Waals surface area contributed by atoms with E-state index in [1.165, 1.54) is 10.9 Å². The van der Waals surface area contributed by atoms with E-state index < -0.39 is 17.9 Å². The van der Waals surface area contributed by atoms with Crippen LogP contribution >= 0.6 is 0 Å². The molecule has 0 radical (unpaired) electrons. The molecule has 1 aromatic rings. The smallest absolute Gasteiger partial charge is 0.326 e. The van der Waals surface area contributed by atoms with E-state index in [0.717, 1.165) is 0 Å². The fourth-order valence-corrected chi connectivity index (χ4v) is 1.71. The molecule has 8 nitrogen and oxygen atoms in total. The molecule has 0 aliphatic rings. The van der Waals surface area contributed by atoms with Gasteiger partial charge in [-0.25, -0.2) is 9.48 Å². The van der Waals surface area contributed by atoms with E-state index in [1.54, 1.807) is 6.20 Å². The van der Waals surface area contributed by atoms with E-state index in [4.69, 9.17) is 9.84 Å². The second-order valence-electron chi connectivity index (χ2n) is 4.97. The molecule has 0 aromatic carbocycles. The van der Waals surface area contributed by atoms with Gasteiger partial charge in [-0.2, -0.15) is 0 Å². The van der Waals surface area contributed by atoms with Gasteiger partial charge in [0.05, 0.1) is 12.5 Å². The second kappa shape index (κ2) is 8.03. The maximum Gasteiger partial charge on any atom is 0.326 e. The zero-order valence-corrected chi connectivity index (χ0v) is 12.2. The summed E-state index contributed by atoms with van der Waals surface area (Å²) in [4.78, 5) is 22.9. The van der Waals surface area contributed by atoms with E-state index >= 15 is 0 Å². The van der Waals surface area contributed by atoms with Crippen molar-refractivity contribution >= 4 is 11.9 Å². The van der Waals surface area contributed by atoms with E-state index in [1.807, 2.05) is 13.8 Å². The van der Waals surface area contributed by atoms with Crippen molar-refractivity contribution in [3.8, 4) is 0 Å². The molecular formula is C13H20N4O4. The van der Waals surface area contributed by atoms with Crippen LogP contribution in [0.15, 0.2) is 19.0 Å². The highest BCUT2D eigenvalue weighted by molar-refractivity contribution is 5.83. The third-order valence-electron chi connectivity index (χ3n) is 2.58. The van der Waals surface area contributed by atoms with Crippen LogP contribution in [0.2, 0.25) is 0 Å². The van der Waals surface area contributed by atoms with Crippen LogP contribution in [-0.2, 0) is 27.5 Å². The molecule has 1 amide bonds. The Balaban J connectivity index is 2.53. The number of amides is 1. The van der Waals surface area contributed by atoms with Crippen molar-refractivity contribution < 1.29 is 19.4 Å². The maximum absolute atomic E-state index is 11.8. The molecule has 0 aliphatic carbocycles. The first kappa shape index (κ1) is 16.7. The molecule has 1 heterocycles. The Hall–Kier alpha value is -2.38. The Kier molecular flexibility index (Phi) is 6.38. The number of carboxylic acids is 1. The number of carbonyl (C=O) groups is 2. The summed E-state index contributed by atoms with van der Waals surface area (Å²) in [6, 6.07) is -0.899. The first-order valence-corrected chi connectivity index (χ1v) is 6.56. The van der Waals surface area contributed by atoms with Gasteiger partial charge < -0.3 is 15.2 Å². The molecule has 21 heavy (non-hydrogen) atoms. The van der Waals surface area contributed by atoms with Crippen LogP contribution in [0.3, 0.4) is 0 Å². The number of hydrogen-bond acceptors (Lipinski definition) is 5. The summed E-state index contributed by atoms with van der Waals surface area (Å²) in [5.74, 6) is -1.31. The molecule has 0 aliphatic heterocycles. The lowest BCUT2D eigenvalue weighted by Gasteiger charge is -2.16. The fraction of sp³-hybridized carbons (Fsp3) is 0.538. The summed E-state index contributed by atoms with van der Waals surface area (Å²) in [6.07, 6.45) is 3.22. The highest BCUT2D eigenvalue weighted by Gasteiger charge is 2.21. The van der Waals surface area contributed by atoms with Gasteiger partial charge in [-0.1, -0.05) is 25.6 Å². The second-order valence-corrected chi connectivity index (χ2v) is 4.97. The maximum atomic E-state index is 11.8. The Labute approximate surface area is 122 Å². The van der Waals surface area contributed by atoms with Crippen molar-refractivity contribution in [1.82, 2.24) is 20.3 Å². The van der Waals surface area contributed by atoms with Crippen molar-refractivity contribution in [3.05, 3.63) is 24.7 Å². The van der Waals surface area contributed by atoms with Crippen molar-refractivity contribution in [2.75, 3.05) is 0 Å². The van der Waals surface area contributed by atoms with Crippen LogP contribution in [0.4, 0.5) is 0 Å². The van der Waals surface area contributed by atoms with Crippen molar-refractivity contribution in [3.63, 3.8) is 0 Å². The third kappa shape index (κ3) is 6.07. The zero-order valence-electron chi connectivity index (χ0n) is 12.2. The Morgan fingerprint density at radius 1 is 1.57 bits per heavy atom. The SMILES string of the molecule is C=COCc1cn(CC(=O)NC(CC(C)C)C(=O)O)nn1. The van der Waals surface area contributed by atoms with Crippen molar-refractivity contribution in [2.24, 2.45) is 5.92 Å². The lowest BCUT2D eigenvalue weighted by atomic mass is 10.0. The molecular weight excluding hydrogens is 276 g/mol. The first-order chi connectivity index (χ1) is 9.92. The van der Waals surface area contributed by atoms with E-state index in [2.05, 4.69) is 22.2 Å². The number of rotatable bonds is 9. The number of nitrogens with zero attached hydrogens (tertiary/aromatic N) is 3. The van der Waals surface area contributed by atoms with Gasteiger partial charge in [0.15, 0.2) is 0 Å². The van der Waals surface area contributed by atoms with Crippen LogP contribution < -0.4 is 5.32 Å². The molecule has 0 fully saturated rings. The molecule has 1 atom stereocenters.